The quantitative estimate of drug-likeness (QED) is 0.156. The first-order valence-corrected chi connectivity index (χ1v) is 16.6. The average molecular weight is 674 g/mol. The van der Waals surface area contributed by atoms with Gasteiger partial charge < -0.3 is 22.9 Å². The Bertz CT molecular complexity index is 1560. The molecule has 8 N–H and O–H groups in total. The second-order valence-electron chi connectivity index (χ2n) is 8.14. The van der Waals surface area contributed by atoms with Crippen LogP contribution in [-0.4, -0.2) is 77.6 Å². The predicted molar refractivity (Wildman–Crippen MR) is 174 cm³/mol. The standard InChI is InChI=1S/C18H14N12.2C2H6OS.CHCl3/c19-15-25-13(26-16(20)29-15)9-3-7-1-2-8-4-10(6-24-12(8)11(7)23-5-9)14-27-17(21)30-18(22)28-14;2*1-4(2)3;2-1(3)4/h1-6H,(H4,19,20,25,26,29)(H4,21,22,27,28,30);2*1-2H3;1H. The van der Waals surface area contributed by atoms with Gasteiger partial charge in [-0.15, -0.1) is 0 Å². The van der Waals surface area contributed by atoms with E-state index < -0.39 is 25.9 Å². The van der Waals surface area contributed by atoms with Gasteiger partial charge in [-0.05, 0) is 12.1 Å². The molecule has 0 saturated heterocycles. The van der Waals surface area contributed by atoms with Crippen molar-refractivity contribution in [2.45, 2.75) is 4.30 Å². The van der Waals surface area contributed by atoms with E-state index >= 15 is 0 Å². The van der Waals surface area contributed by atoms with E-state index in [2.05, 4.69) is 39.9 Å². The zero-order valence-electron chi connectivity index (χ0n) is 22.7. The van der Waals surface area contributed by atoms with Crippen LogP contribution >= 0.6 is 34.8 Å². The molecule has 0 spiro atoms. The molecule has 0 aliphatic carbocycles. The van der Waals surface area contributed by atoms with E-state index in [-0.39, 0.29) is 23.8 Å². The average Bonchev–Trinajstić information content (AvgIpc) is 2.86. The second kappa shape index (κ2) is 16.2. The maximum Gasteiger partial charge on any atom is 0.225 e. The molecule has 224 valence electrons. The van der Waals surface area contributed by atoms with Crippen molar-refractivity contribution in [1.82, 2.24) is 39.9 Å². The molecule has 5 aromatic rings. The fourth-order valence-electron chi connectivity index (χ4n) is 3.11. The summed E-state index contributed by atoms with van der Waals surface area (Å²) in [5, 5.41) is 1.71. The minimum atomic E-state index is -0.750. The molecule has 0 fully saturated rings. The van der Waals surface area contributed by atoms with Crippen LogP contribution in [0, 0.1) is 0 Å². The topological polar surface area (TPSA) is 241 Å². The Kier molecular flexibility index (Phi) is 13.3. The maximum absolute atomic E-state index is 9.56. The summed E-state index contributed by atoms with van der Waals surface area (Å²) < 4.78 is 18.4. The molecule has 0 atom stereocenters. The first-order chi connectivity index (χ1) is 19.7. The van der Waals surface area contributed by atoms with Crippen LogP contribution in [0.5, 0.6) is 0 Å². The van der Waals surface area contributed by atoms with E-state index in [9.17, 15) is 8.42 Å². The van der Waals surface area contributed by atoms with Gasteiger partial charge in [-0.25, -0.2) is 0 Å². The third-order valence-corrected chi connectivity index (χ3v) is 4.36. The molecule has 0 unspecified atom stereocenters. The predicted octanol–water partition coefficient (Wildman–Crippen LogP) is 2.79. The van der Waals surface area contributed by atoms with Crippen molar-refractivity contribution in [3.05, 3.63) is 36.7 Å². The first-order valence-electron chi connectivity index (χ1n) is 11.3. The Morgan fingerprint density at radius 2 is 0.857 bits per heavy atom. The molecule has 0 radical (unpaired) electrons. The van der Waals surface area contributed by atoms with E-state index in [1.807, 2.05) is 24.3 Å². The highest BCUT2D eigenvalue weighted by molar-refractivity contribution is 7.83. The zero-order chi connectivity index (χ0) is 31.6. The molecule has 0 amide bonds. The molecular formula is C23H27Cl3N12O2S2. The van der Waals surface area contributed by atoms with E-state index in [1.54, 1.807) is 37.4 Å². The fraction of sp³-hybridized carbons (Fsp3) is 0.217. The molecule has 4 aromatic heterocycles. The summed E-state index contributed by atoms with van der Waals surface area (Å²) in [6, 6.07) is 7.62. The van der Waals surface area contributed by atoms with E-state index in [0.29, 0.717) is 33.8 Å². The molecule has 5 rings (SSSR count). The maximum atomic E-state index is 9.56. The minimum Gasteiger partial charge on any atom is -0.368 e. The summed E-state index contributed by atoms with van der Waals surface area (Å²) in [6.45, 7) is 0. The number of nitrogens with zero attached hydrogens (tertiary/aromatic N) is 8. The molecule has 0 aliphatic rings. The number of halogens is 3. The van der Waals surface area contributed by atoms with Gasteiger partial charge in [-0.1, -0.05) is 46.9 Å². The number of nitrogens with two attached hydrogens (primary N) is 4. The van der Waals surface area contributed by atoms with Gasteiger partial charge in [-0.3, -0.25) is 18.4 Å². The zero-order valence-corrected chi connectivity index (χ0v) is 26.6. The molecule has 4 heterocycles. The van der Waals surface area contributed by atoms with Crippen LogP contribution in [0.4, 0.5) is 23.8 Å². The molecule has 1 aromatic carbocycles. The van der Waals surface area contributed by atoms with Gasteiger partial charge in [0.05, 0.1) is 11.0 Å². The lowest BCUT2D eigenvalue weighted by Crippen LogP contribution is -2.04. The lowest BCUT2D eigenvalue weighted by molar-refractivity contribution is 0.689. The van der Waals surface area contributed by atoms with Gasteiger partial charge >= 0.3 is 0 Å². The van der Waals surface area contributed by atoms with Crippen LogP contribution in [0.1, 0.15) is 0 Å². The van der Waals surface area contributed by atoms with Gasteiger partial charge in [0.25, 0.3) is 0 Å². The van der Waals surface area contributed by atoms with Crippen molar-refractivity contribution in [2.24, 2.45) is 0 Å². The normalized spacial score (nSPS) is 10.5. The summed E-state index contributed by atoms with van der Waals surface area (Å²) in [5.74, 6) is 0.885. The van der Waals surface area contributed by atoms with E-state index in [4.69, 9.17) is 57.7 Å². The van der Waals surface area contributed by atoms with Crippen LogP contribution in [0.15, 0.2) is 36.7 Å². The van der Waals surface area contributed by atoms with Crippen molar-refractivity contribution < 1.29 is 8.42 Å². The van der Waals surface area contributed by atoms with Crippen molar-refractivity contribution in [3.8, 4) is 22.8 Å². The molecule has 0 aliphatic heterocycles. The van der Waals surface area contributed by atoms with E-state index in [0.717, 1.165) is 10.8 Å². The molecular weight excluding hydrogens is 647 g/mol. The highest BCUT2D eigenvalue weighted by atomic mass is 35.6. The number of aromatic nitrogens is 8. The van der Waals surface area contributed by atoms with Gasteiger partial charge in [0.1, 0.15) is 0 Å². The monoisotopic (exact) mass is 672 g/mol. The van der Waals surface area contributed by atoms with E-state index in [1.165, 1.54) is 0 Å². The van der Waals surface area contributed by atoms with Gasteiger partial charge in [0, 0.05) is 80.9 Å². The highest BCUT2D eigenvalue weighted by Crippen LogP contribution is 2.28. The summed E-state index contributed by atoms with van der Waals surface area (Å²) in [4.78, 5) is 33.1. The summed E-state index contributed by atoms with van der Waals surface area (Å²) in [5.41, 5.74) is 25.4. The van der Waals surface area contributed by atoms with Gasteiger partial charge in [0.2, 0.25) is 23.8 Å². The number of hydrogen-bond acceptors (Lipinski definition) is 14. The Labute approximate surface area is 261 Å². The summed E-state index contributed by atoms with van der Waals surface area (Å²) in [7, 11) is -1.22. The smallest absolute Gasteiger partial charge is 0.225 e. The number of hydrogen-bond donors (Lipinski definition) is 4. The van der Waals surface area contributed by atoms with Crippen LogP contribution < -0.4 is 22.9 Å². The Hall–Kier alpha value is -3.57. The number of alkyl halides is 3. The Morgan fingerprint density at radius 3 is 1.12 bits per heavy atom. The van der Waals surface area contributed by atoms with Gasteiger partial charge in [0.15, 0.2) is 15.9 Å². The largest absolute Gasteiger partial charge is 0.368 e. The fourth-order valence-corrected chi connectivity index (χ4v) is 3.11. The lowest BCUT2D eigenvalue weighted by atomic mass is 10.1. The SMILES string of the molecule is CS(C)=O.CS(C)=O.ClC(Cl)Cl.Nc1nc(N)nc(-c2cnc3c(ccc4cc(-c5nc(N)nc(N)n5)cnc43)c2)n1. The van der Waals surface area contributed by atoms with Crippen molar-refractivity contribution in [2.75, 3.05) is 48.0 Å². The summed E-state index contributed by atoms with van der Waals surface area (Å²) in [6.07, 6.45) is 9.83. The highest BCUT2D eigenvalue weighted by Gasteiger charge is 2.12. The third kappa shape index (κ3) is 11.4. The minimum absolute atomic E-state index is 0.0462. The van der Waals surface area contributed by atoms with Gasteiger partial charge in [-0.2, -0.15) is 29.9 Å². The second-order valence-corrected chi connectivity index (χ2v) is 13.1. The van der Waals surface area contributed by atoms with Crippen LogP contribution in [0.25, 0.3) is 44.6 Å². The Morgan fingerprint density at radius 1 is 0.595 bits per heavy atom. The number of pyridine rings is 2. The number of fused-ring (bicyclic) bond motifs is 3. The number of benzene rings is 1. The first kappa shape index (κ1) is 34.6. The molecule has 42 heavy (non-hydrogen) atoms. The lowest BCUT2D eigenvalue weighted by Gasteiger charge is -2.07. The Balaban J connectivity index is 0.000000440. The summed E-state index contributed by atoms with van der Waals surface area (Å²) >= 11 is 14.4. The molecule has 19 heteroatoms. The van der Waals surface area contributed by atoms with Crippen LogP contribution in [0.3, 0.4) is 0 Å². The number of rotatable bonds is 2. The number of anilines is 4. The molecule has 0 bridgehead atoms. The molecule has 0 saturated carbocycles. The van der Waals surface area contributed by atoms with Crippen LogP contribution in [0.2, 0.25) is 0 Å². The van der Waals surface area contributed by atoms with Crippen LogP contribution in [-0.2, 0) is 21.6 Å². The third-order valence-electron chi connectivity index (χ3n) is 4.36. The van der Waals surface area contributed by atoms with Crippen molar-refractivity contribution in [1.29, 1.82) is 0 Å². The number of nitrogen functional groups attached to an aromatic ring is 4. The van der Waals surface area contributed by atoms with Crippen molar-refractivity contribution >= 4 is 102 Å². The van der Waals surface area contributed by atoms with Crippen molar-refractivity contribution in [3.63, 3.8) is 0 Å². The molecule has 14 nitrogen and oxygen atoms in total.